The highest BCUT2D eigenvalue weighted by Crippen LogP contribution is 2.41. The van der Waals surface area contributed by atoms with E-state index in [0.717, 1.165) is 28.3 Å². The molecule has 1 aliphatic heterocycles. The predicted octanol–water partition coefficient (Wildman–Crippen LogP) is 6.83. The van der Waals surface area contributed by atoms with Gasteiger partial charge in [0.25, 0.3) is 0 Å². The van der Waals surface area contributed by atoms with E-state index in [1.54, 1.807) is 25.4 Å². The van der Waals surface area contributed by atoms with E-state index in [1.165, 1.54) is 0 Å². The number of benzene rings is 2. The molecule has 0 saturated carbocycles. The topological polar surface area (TPSA) is 50.5 Å². The summed E-state index contributed by atoms with van der Waals surface area (Å²) in [6.45, 7) is 0.604. The first-order chi connectivity index (χ1) is 16.5. The fourth-order valence-electron chi connectivity index (χ4n) is 4.13. The van der Waals surface area contributed by atoms with Gasteiger partial charge in [0.05, 0.1) is 28.9 Å². The molecule has 5 nitrogen and oxygen atoms in total. The van der Waals surface area contributed by atoms with E-state index in [1.807, 2.05) is 60.7 Å². The van der Waals surface area contributed by atoms with Gasteiger partial charge in [-0.3, -0.25) is 4.98 Å². The molecule has 172 valence electrons. The van der Waals surface area contributed by atoms with E-state index in [4.69, 9.17) is 44.6 Å². The van der Waals surface area contributed by atoms with Gasteiger partial charge in [0, 0.05) is 18.3 Å². The molecule has 5 rings (SSSR count). The average molecular weight is 510 g/mol. The third-order valence-electron chi connectivity index (χ3n) is 5.83. The monoisotopic (exact) mass is 509 g/mol. The number of furan rings is 1. The minimum atomic E-state index is -0.193. The number of pyridine rings is 1. The zero-order valence-corrected chi connectivity index (χ0v) is 20.6. The van der Waals surface area contributed by atoms with Crippen molar-refractivity contribution >= 4 is 40.5 Å². The molecule has 4 aromatic rings. The molecule has 0 unspecified atom stereocenters. The Morgan fingerprint density at radius 3 is 2.56 bits per heavy atom. The van der Waals surface area contributed by atoms with Crippen molar-refractivity contribution in [3.05, 3.63) is 106 Å². The molecular weight excluding hydrogens is 489 g/mol. The highest BCUT2D eigenvalue weighted by atomic mass is 35.5. The van der Waals surface area contributed by atoms with Gasteiger partial charge in [-0.25, -0.2) is 0 Å². The summed E-state index contributed by atoms with van der Waals surface area (Å²) < 4.78 is 11.7. The van der Waals surface area contributed by atoms with Crippen molar-refractivity contribution in [2.75, 3.05) is 7.11 Å². The Hall–Kier alpha value is -3.06. The Bertz CT molecular complexity index is 1310. The second kappa shape index (κ2) is 9.66. The third-order valence-corrected chi connectivity index (χ3v) is 6.92. The van der Waals surface area contributed by atoms with E-state index in [9.17, 15) is 0 Å². The SMILES string of the molecule is COc1ccc(CN2C(=S)N[C@H](c3ccccn3)[C@H]2c2ccc(-c3ccc(Cl)c(Cl)c3)o2)cc1. The summed E-state index contributed by atoms with van der Waals surface area (Å²) in [5, 5.41) is 5.07. The number of ether oxygens (including phenoxy) is 1. The number of halogens is 2. The Morgan fingerprint density at radius 1 is 1.03 bits per heavy atom. The van der Waals surface area contributed by atoms with Crippen LogP contribution in [0, 0.1) is 0 Å². The highest BCUT2D eigenvalue weighted by molar-refractivity contribution is 7.80. The van der Waals surface area contributed by atoms with Crippen LogP contribution in [0.4, 0.5) is 0 Å². The lowest BCUT2D eigenvalue weighted by Crippen LogP contribution is -2.29. The zero-order chi connectivity index (χ0) is 23.7. The molecule has 0 bridgehead atoms. The smallest absolute Gasteiger partial charge is 0.170 e. The summed E-state index contributed by atoms with van der Waals surface area (Å²) in [7, 11) is 1.66. The standard InChI is InChI=1S/C26H21Cl2N3O2S/c1-32-18-8-5-16(6-9-18)15-31-25(24(30-26(31)34)21-4-2-3-13-29-21)23-12-11-22(33-23)17-7-10-19(27)20(28)14-17/h2-14,24-25H,15H2,1H3,(H,30,34)/t24-,25-/m1/s1. The van der Waals surface area contributed by atoms with Crippen molar-refractivity contribution in [3.63, 3.8) is 0 Å². The van der Waals surface area contributed by atoms with Crippen molar-refractivity contribution in [2.24, 2.45) is 0 Å². The third kappa shape index (κ3) is 4.49. The molecular formula is C26H21Cl2N3O2S. The van der Waals surface area contributed by atoms with Crippen LogP contribution in [-0.2, 0) is 6.54 Å². The molecule has 1 N–H and O–H groups in total. The molecule has 0 radical (unpaired) electrons. The summed E-state index contributed by atoms with van der Waals surface area (Å²) in [6.07, 6.45) is 1.78. The quantitative estimate of drug-likeness (QED) is 0.287. The van der Waals surface area contributed by atoms with Crippen LogP contribution in [0.25, 0.3) is 11.3 Å². The van der Waals surface area contributed by atoms with Gasteiger partial charge in [-0.2, -0.15) is 0 Å². The molecule has 1 aliphatic rings. The van der Waals surface area contributed by atoms with E-state index >= 15 is 0 Å². The lowest BCUT2D eigenvalue weighted by atomic mass is 10.0. The van der Waals surface area contributed by atoms with E-state index < -0.39 is 0 Å². The van der Waals surface area contributed by atoms with Crippen molar-refractivity contribution in [3.8, 4) is 17.1 Å². The first kappa shape index (κ1) is 22.7. The van der Waals surface area contributed by atoms with Crippen LogP contribution >= 0.6 is 35.4 Å². The number of aromatic nitrogens is 1. The van der Waals surface area contributed by atoms with Gasteiger partial charge in [0.1, 0.15) is 23.3 Å². The van der Waals surface area contributed by atoms with Crippen LogP contribution in [0.3, 0.4) is 0 Å². The van der Waals surface area contributed by atoms with Gasteiger partial charge < -0.3 is 19.4 Å². The predicted molar refractivity (Wildman–Crippen MR) is 138 cm³/mol. The molecule has 0 spiro atoms. The molecule has 2 atom stereocenters. The number of hydrogen-bond acceptors (Lipinski definition) is 4. The van der Waals surface area contributed by atoms with Crippen LogP contribution in [0.5, 0.6) is 5.75 Å². The summed E-state index contributed by atoms with van der Waals surface area (Å²) in [5.41, 5.74) is 2.85. The second-order valence-electron chi connectivity index (χ2n) is 7.93. The number of thiocarbonyl (C=S) groups is 1. The fraction of sp³-hybridized carbons (Fsp3) is 0.154. The molecule has 34 heavy (non-hydrogen) atoms. The van der Waals surface area contributed by atoms with Gasteiger partial charge in [-0.15, -0.1) is 0 Å². The lowest BCUT2D eigenvalue weighted by molar-refractivity contribution is 0.269. The van der Waals surface area contributed by atoms with Crippen LogP contribution in [0.2, 0.25) is 10.0 Å². The Balaban J connectivity index is 1.52. The molecule has 0 aliphatic carbocycles. The normalized spacial score (nSPS) is 17.6. The van der Waals surface area contributed by atoms with Gasteiger partial charge >= 0.3 is 0 Å². The lowest BCUT2D eigenvalue weighted by Gasteiger charge is -2.26. The highest BCUT2D eigenvalue weighted by Gasteiger charge is 2.41. The number of rotatable bonds is 6. The first-order valence-electron chi connectivity index (χ1n) is 10.7. The minimum absolute atomic E-state index is 0.167. The second-order valence-corrected chi connectivity index (χ2v) is 9.13. The number of nitrogens with one attached hydrogen (secondary N) is 1. The maximum absolute atomic E-state index is 6.36. The molecule has 1 fully saturated rings. The number of methoxy groups -OCH3 is 1. The van der Waals surface area contributed by atoms with Crippen molar-refractivity contribution in [1.29, 1.82) is 0 Å². The van der Waals surface area contributed by atoms with Gasteiger partial charge in [0.15, 0.2) is 5.11 Å². The molecule has 1 saturated heterocycles. The maximum atomic E-state index is 6.36. The molecule has 2 aromatic heterocycles. The van der Waals surface area contributed by atoms with Crippen molar-refractivity contribution < 1.29 is 9.15 Å². The average Bonchev–Trinajstić information content (AvgIpc) is 3.47. The Kier molecular flexibility index (Phi) is 6.46. The summed E-state index contributed by atoms with van der Waals surface area (Å²) >= 11 is 18.1. The largest absolute Gasteiger partial charge is 0.497 e. The summed E-state index contributed by atoms with van der Waals surface area (Å²) in [4.78, 5) is 6.72. The van der Waals surface area contributed by atoms with Crippen LogP contribution in [0.1, 0.15) is 29.1 Å². The Morgan fingerprint density at radius 2 is 1.85 bits per heavy atom. The first-order valence-corrected chi connectivity index (χ1v) is 11.9. The van der Waals surface area contributed by atoms with Gasteiger partial charge in [-0.1, -0.05) is 41.4 Å². The van der Waals surface area contributed by atoms with Crippen LogP contribution < -0.4 is 10.1 Å². The van der Waals surface area contributed by atoms with E-state index in [0.29, 0.717) is 27.5 Å². The molecule has 3 heterocycles. The Labute approximate surface area is 213 Å². The number of nitrogens with zero attached hydrogens (tertiary/aromatic N) is 2. The van der Waals surface area contributed by atoms with Crippen molar-refractivity contribution in [2.45, 2.75) is 18.6 Å². The van der Waals surface area contributed by atoms with Crippen LogP contribution in [-0.4, -0.2) is 22.1 Å². The minimum Gasteiger partial charge on any atom is -0.497 e. The van der Waals surface area contributed by atoms with Crippen molar-refractivity contribution in [1.82, 2.24) is 15.2 Å². The fourth-order valence-corrected chi connectivity index (χ4v) is 4.73. The summed E-state index contributed by atoms with van der Waals surface area (Å²) in [6, 6.07) is 22.8. The molecule has 0 amide bonds. The molecule has 8 heteroatoms. The van der Waals surface area contributed by atoms with E-state index in [-0.39, 0.29) is 12.1 Å². The van der Waals surface area contributed by atoms with E-state index in [2.05, 4.69) is 15.2 Å². The zero-order valence-electron chi connectivity index (χ0n) is 18.2. The van der Waals surface area contributed by atoms with Gasteiger partial charge in [-0.05, 0) is 72.4 Å². The molecule has 2 aromatic carbocycles. The number of hydrogen-bond donors (Lipinski definition) is 1. The van der Waals surface area contributed by atoms with Crippen LogP contribution in [0.15, 0.2) is 83.4 Å². The van der Waals surface area contributed by atoms with Gasteiger partial charge in [0.2, 0.25) is 0 Å². The summed E-state index contributed by atoms with van der Waals surface area (Å²) in [5.74, 6) is 2.29. The maximum Gasteiger partial charge on any atom is 0.170 e.